The highest BCUT2D eigenvalue weighted by atomic mass is 15.1. The van der Waals surface area contributed by atoms with Gasteiger partial charge in [-0.15, -0.1) is 0 Å². The zero-order valence-corrected chi connectivity index (χ0v) is 8.59. The molecule has 0 aliphatic heterocycles. The van der Waals surface area contributed by atoms with Crippen molar-refractivity contribution in [3.63, 3.8) is 0 Å². The van der Waals surface area contributed by atoms with Crippen LogP contribution in [-0.2, 0) is 6.54 Å². The molecule has 0 radical (unpaired) electrons. The number of nitrogens with one attached hydrogen (secondary N) is 2. The van der Waals surface area contributed by atoms with Gasteiger partial charge in [-0.2, -0.15) is 5.10 Å². The van der Waals surface area contributed by atoms with Gasteiger partial charge < -0.3 is 11.1 Å². The molecule has 1 aromatic heterocycles. The van der Waals surface area contributed by atoms with E-state index in [1.165, 1.54) is 18.5 Å². The molecule has 1 aromatic rings. The smallest absolute Gasteiger partial charge is 0.0656 e. The maximum atomic E-state index is 5.51. The molecule has 1 fully saturated rings. The molecule has 2 rings (SSSR count). The number of hydrogen-bond acceptors (Lipinski definition) is 3. The van der Waals surface area contributed by atoms with Crippen LogP contribution < -0.4 is 11.1 Å². The van der Waals surface area contributed by atoms with Crippen LogP contribution in [0, 0.1) is 0 Å². The first-order valence-electron chi connectivity index (χ1n) is 5.27. The Bertz CT molecular complexity index is 290. The lowest BCUT2D eigenvalue weighted by atomic mass is 10.2. The van der Waals surface area contributed by atoms with Crippen molar-refractivity contribution in [2.45, 2.75) is 38.3 Å². The monoisotopic (exact) mass is 194 g/mol. The molecule has 1 saturated carbocycles. The molecule has 1 unspecified atom stereocenters. The van der Waals surface area contributed by atoms with Crippen molar-refractivity contribution in [3.05, 3.63) is 17.5 Å². The number of aromatic amines is 1. The largest absolute Gasteiger partial charge is 0.329 e. The second-order valence-corrected chi connectivity index (χ2v) is 4.11. The van der Waals surface area contributed by atoms with E-state index in [0.29, 0.717) is 12.6 Å². The number of nitrogens with zero attached hydrogens (tertiary/aromatic N) is 1. The Morgan fingerprint density at radius 3 is 3.14 bits per heavy atom. The lowest BCUT2D eigenvalue weighted by Gasteiger charge is -2.08. The highest BCUT2D eigenvalue weighted by molar-refractivity contribution is 5.17. The van der Waals surface area contributed by atoms with Crippen molar-refractivity contribution in [2.24, 2.45) is 5.73 Å². The zero-order valence-electron chi connectivity index (χ0n) is 8.59. The molecule has 78 valence electrons. The van der Waals surface area contributed by atoms with Crippen LogP contribution in [0.25, 0.3) is 0 Å². The second kappa shape index (κ2) is 4.11. The van der Waals surface area contributed by atoms with Crippen LogP contribution in [0.3, 0.4) is 0 Å². The van der Waals surface area contributed by atoms with E-state index in [1.807, 2.05) is 0 Å². The fourth-order valence-electron chi connectivity index (χ4n) is 1.43. The van der Waals surface area contributed by atoms with Crippen molar-refractivity contribution in [1.29, 1.82) is 0 Å². The normalized spacial score (nSPS) is 18.4. The summed E-state index contributed by atoms with van der Waals surface area (Å²) in [4.78, 5) is 0. The Morgan fingerprint density at radius 2 is 2.50 bits per heavy atom. The van der Waals surface area contributed by atoms with Gasteiger partial charge in [0.2, 0.25) is 0 Å². The lowest BCUT2D eigenvalue weighted by Crippen LogP contribution is -2.32. The van der Waals surface area contributed by atoms with Gasteiger partial charge in [-0.05, 0) is 25.8 Å². The van der Waals surface area contributed by atoms with Crippen LogP contribution in [0.15, 0.2) is 6.07 Å². The summed E-state index contributed by atoms with van der Waals surface area (Å²) in [6.45, 7) is 3.58. The van der Waals surface area contributed by atoms with Gasteiger partial charge in [0.25, 0.3) is 0 Å². The molecule has 0 spiro atoms. The molecular formula is C10H18N4. The van der Waals surface area contributed by atoms with E-state index in [4.69, 9.17) is 5.73 Å². The number of hydrogen-bond donors (Lipinski definition) is 3. The summed E-state index contributed by atoms with van der Waals surface area (Å²) in [6.07, 6.45) is 2.61. The van der Waals surface area contributed by atoms with Gasteiger partial charge in [0.1, 0.15) is 0 Å². The van der Waals surface area contributed by atoms with Gasteiger partial charge in [0.15, 0.2) is 0 Å². The van der Waals surface area contributed by atoms with Gasteiger partial charge in [0, 0.05) is 30.7 Å². The van der Waals surface area contributed by atoms with E-state index in [-0.39, 0.29) is 0 Å². The first-order chi connectivity index (χ1) is 6.79. The Kier molecular flexibility index (Phi) is 2.84. The predicted octanol–water partition coefficient (Wildman–Crippen LogP) is 0.724. The zero-order chi connectivity index (χ0) is 9.97. The summed E-state index contributed by atoms with van der Waals surface area (Å²) in [5.41, 5.74) is 7.89. The fraction of sp³-hybridized carbons (Fsp3) is 0.700. The third-order valence-electron chi connectivity index (χ3n) is 2.64. The van der Waals surface area contributed by atoms with Crippen LogP contribution in [0.1, 0.15) is 37.1 Å². The summed E-state index contributed by atoms with van der Waals surface area (Å²) >= 11 is 0. The molecule has 0 aromatic carbocycles. The molecule has 0 saturated heterocycles. The van der Waals surface area contributed by atoms with Gasteiger partial charge in [-0.1, -0.05) is 0 Å². The number of nitrogens with two attached hydrogens (primary N) is 1. The Balaban J connectivity index is 1.83. The second-order valence-electron chi connectivity index (χ2n) is 4.11. The molecule has 0 amide bonds. The highest BCUT2D eigenvalue weighted by Gasteiger charge is 2.25. The quantitative estimate of drug-likeness (QED) is 0.647. The summed E-state index contributed by atoms with van der Waals surface area (Å²) in [5, 5.41) is 10.7. The highest BCUT2D eigenvalue weighted by Crippen LogP contribution is 2.38. The minimum absolute atomic E-state index is 0.364. The van der Waals surface area contributed by atoms with Crippen molar-refractivity contribution in [1.82, 2.24) is 15.5 Å². The van der Waals surface area contributed by atoms with Gasteiger partial charge in [0.05, 0.1) is 5.69 Å². The Hall–Kier alpha value is -0.870. The van der Waals surface area contributed by atoms with Crippen LogP contribution in [0.5, 0.6) is 0 Å². The SMILES string of the molecule is CC(CN)NCc1cc(C2CC2)n[nH]1. The van der Waals surface area contributed by atoms with Crippen LogP contribution in [-0.4, -0.2) is 22.8 Å². The molecular weight excluding hydrogens is 176 g/mol. The Labute approximate surface area is 84.3 Å². The van der Waals surface area contributed by atoms with E-state index in [2.05, 4.69) is 28.5 Å². The molecule has 1 aliphatic carbocycles. The summed E-state index contributed by atoms with van der Waals surface area (Å²) in [7, 11) is 0. The summed E-state index contributed by atoms with van der Waals surface area (Å²) < 4.78 is 0. The third kappa shape index (κ3) is 2.33. The topological polar surface area (TPSA) is 66.7 Å². The maximum Gasteiger partial charge on any atom is 0.0656 e. The molecule has 1 aliphatic rings. The lowest BCUT2D eigenvalue weighted by molar-refractivity contribution is 0.550. The molecule has 0 bridgehead atoms. The van der Waals surface area contributed by atoms with Gasteiger partial charge in [-0.3, -0.25) is 5.10 Å². The van der Waals surface area contributed by atoms with E-state index in [1.54, 1.807) is 0 Å². The molecule has 4 nitrogen and oxygen atoms in total. The van der Waals surface area contributed by atoms with E-state index in [9.17, 15) is 0 Å². The fourth-order valence-corrected chi connectivity index (χ4v) is 1.43. The molecule has 14 heavy (non-hydrogen) atoms. The van der Waals surface area contributed by atoms with Gasteiger partial charge in [-0.25, -0.2) is 0 Å². The average Bonchev–Trinajstić information content (AvgIpc) is 2.95. The van der Waals surface area contributed by atoms with Crippen LogP contribution >= 0.6 is 0 Å². The molecule has 4 heteroatoms. The first-order valence-corrected chi connectivity index (χ1v) is 5.27. The summed E-state index contributed by atoms with van der Waals surface area (Å²) in [6, 6.07) is 2.52. The van der Waals surface area contributed by atoms with Crippen LogP contribution in [0.2, 0.25) is 0 Å². The predicted molar refractivity (Wildman–Crippen MR) is 55.9 cm³/mol. The Morgan fingerprint density at radius 1 is 1.71 bits per heavy atom. The van der Waals surface area contributed by atoms with Crippen LogP contribution in [0.4, 0.5) is 0 Å². The third-order valence-corrected chi connectivity index (χ3v) is 2.64. The first kappa shape index (κ1) is 9.68. The van der Waals surface area contributed by atoms with Crippen molar-refractivity contribution >= 4 is 0 Å². The van der Waals surface area contributed by atoms with E-state index < -0.39 is 0 Å². The van der Waals surface area contributed by atoms with Crippen molar-refractivity contribution < 1.29 is 0 Å². The number of rotatable bonds is 5. The molecule has 1 atom stereocenters. The van der Waals surface area contributed by atoms with Crippen molar-refractivity contribution in [3.8, 4) is 0 Å². The minimum atomic E-state index is 0.364. The average molecular weight is 194 g/mol. The standard InChI is InChI=1S/C10H18N4/c1-7(5-11)12-6-9-4-10(14-13-9)8-2-3-8/h4,7-8,12H,2-3,5-6,11H2,1H3,(H,13,14). The number of aromatic nitrogens is 2. The van der Waals surface area contributed by atoms with Crippen molar-refractivity contribution in [2.75, 3.05) is 6.54 Å². The number of H-pyrrole nitrogens is 1. The maximum absolute atomic E-state index is 5.51. The summed E-state index contributed by atoms with van der Waals surface area (Å²) in [5.74, 6) is 0.729. The molecule has 1 heterocycles. The molecule has 4 N–H and O–H groups in total. The van der Waals surface area contributed by atoms with E-state index in [0.717, 1.165) is 18.2 Å². The minimum Gasteiger partial charge on any atom is -0.329 e. The van der Waals surface area contributed by atoms with E-state index >= 15 is 0 Å². The van der Waals surface area contributed by atoms with Gasteiger partial charge >= 0.3 is 0 Å².